The minimum absolute atomic E-state index is 0.213. The monoisotopic (exact) mass is 401 g/mol. The first kappa shape index (κ1) is 20.2. The molecule has 0 aliphatic carbocycles. The Bertz CT molecular complexity index is 943. The lowest BCUT2D eigenvalue weighted by molar-refractivity contribution is -0.119. The maximum Gasteiger partial charge on any atom is 0.240 e. The summed E-state index contributed by atoms with van der Waals surface area (Å²) >= 11 is 0. The first-order valence-corrected chi connectivity index (χ1v) is 11.3. The van der Waals surface area contributed by atoms with Crippen molar-refractivity contribution in [2.75, 3.05) is 41.6 Å². The minimum Gasteiger partial charge on any atom is -0.371 e. The topological polar surface area (TPSA) is 69.7 Å². The Kier molecular flexibility index (Phi) is 6.24. The molecule has 1 heterocycles. The van der Waals surface area contributed by atoms with Crippen molar-refractivity contribution in [2.45, 2.75) is 19.8 Å². The minimum atomic E-state index is -3.54. The summed E-state index contributed by atoms with van der Waals surface area (Å²) in [5.74, 6) is -0.297. The van der Waals surface area contributed by atoms with Gasteiger partial charge in [0.2, 0.25) is 15.9 Å². The molecule has 0 aromatic heterocycles. The molecule has 1 aliphatic heterocycles. The predicted octanol–water partition coefficient (Wildman–Crippen LogP) is 2.33. The fourth-order valence-electron chi connectivity index (χ4n) is 3.51. The third-order valence-corrected chi connectivity index (χ3v) is 6.03. The number of sulfonamides is 1. The number of hydrogen-bond acceptors (Lipinski definition) is 4. The molecule has 28 heavy (non-hydrogen) atoms. The normalized spacial score (nSPS) is 13.3. The first-order chi connectivity index (χ1) is 13.3. The number of benzene rings is 2. The van der Waals surface area contributed by atoms with Crippen molar-refractivity contribution >= 4 is 27.3 Å². The zero-order valence-corrected chi connectivity index (χ0v) is 17.2. The number of rotatable bonds is 8. The van der Waals surface area contributed by atoms with Gasteiger partial charge in [0.1, 0.15) is 6.54 Å². The molecule has 6 nitrogen and oxygen atoms in total. The van der Waals surface area contributed by atoms with E-state index in [1.54, 1.807) is 18.2 Å². The van der Waals surface area contributed by atoms with Crippen LogP contribution in [-0.4, -0.2) is 46.8 Å². The Morgan fingerprint density at radius 1 is 1.18 bits per heavy atom. The van der Waals surface area contributed by atoms with Crippen molar-refractivity contribution in [3.05, 3.63) is 59.7 Å². The number of hydrogen-bond donors (Lipinski definition) is 1. The van der Waals surface area contributed by atoms with E-state index in [-0.39, 0.29) is 12.5 Å². The lowest BCUT2D eigenvalue weighted by atomic mass is 10.2. The number of nitrogens with zero attached hydrogens (tertiary/aromatic N) is 2. The zero-order valence-electron chi connectivity index (χ0n) is 16.4. The number of fused-ring (bicyclic) bond motifs is 1. The van der Waals surface area contributed by atoms with Crippen molar-refractivity contribution in [3.8, 4) is 0 Å². The summed E-state index contributed by atoms with van der Waals surface area (Å²) in [6, 6.07) is 15.5. The van der Waals surface area contributed by atoms with Crippen LogP contribution in [0.2, 0.25) is 0 Å². The SMILES string of the molecule is Cc1cccc(N(CC(=O)NCCCN2CCc3ccccc32)S(C)(=O)=O)c1. The second-order valence-corrected chi connectivity index (χ2v) is 9.08. The number of amides is 1. The van der Waals surface area contributed by atoms with Gasteiger partial charge in [-0.1, -0.05) is 30.3 Å². The van der Waals surface area contributed by atoms with Crippen LogP contribution in [0.5, 0.6) is 0 Å². The molecular formula is C21H27N3O3S. The van der Waals surface area contributed by atoms with Crippen LogP contribution in [0.1, 0.15) is 17.5 Å². The molecule has 0 saturated heterocycles. The second kappa shape index (κ2) is 8.65. The Morgan fingerprint density at radius 3 is 2.71 bits per heavy atom. The lowest BCUT2D eigenvalue weighted by Gasteiger charge is -2.22. The van der Waals surface area contributed by atoms with E-state index in [0.29, 0.717) is 12.2 Å². The Hall–Kier alpha value is -2.54. The molecule has 2 aromatic rings. The maximum atomic E-state index is 12.3. The third kappa shape index (κ3) is 5.04. The fourth-order valence-corrected chi connectivity index (χ4v) is 4.35. The molecule has 1 amide bonds. The summed E-state index contributed by atoms with van der Waals surface area (Å²) in [5.41, 5.74) is 4.09. The van der Waals surface area contributed by atoms with E-state index in [2.05, 4.69) is 28.4 Å². The van der Waals surface area contributed by atoms with Gasteiger partial charge in [0.15, 0.2) is 0 Å². The highest BCUT2D eigenvalue weighted by Crippen LogP contribution is 2.27. The van der Waals surface area contributed by atoms with E-state index in [1.165, 1.54) is 11.3 Å². The van der Waals surface area contributed by atoms with Crippen molar-refractivity contribution in [1.29, 1.82) is 0 Å². The van der Waals surface area contributed by atoms with Crippen LogP contribution in [0.4, 0.5) is 11.4 Å². The summed E-state index contributed by atoms with van der Waals surface area (Å²) in [7, 11) is -3.54. The van der Waals surface area contributed by atoms with Gasteiger partial charge in [0.05, 0.1) is 11.9 Å². The van der Waals surface area contributed by atoms with Gasteiger partial charge in [-0.25, -0.2) is 8.42 Å². The molecule has 0 unspecified atom stereocenters. The van der Waals surface area contributed by atoms with Gasteiger partial charge in [-0.2, -0.15) is 0 Å². The number of carbonyl (C=O) groups excluding carboxylic acids is 1. The number of para-hydroxylation sites is 1. The van der Waals surface area contributed by atoms with Crippen LogP contribution in [0.25, 0.3) is 0 Å². The molecule has 0 saturated carbocycles. The Morgan fingerprint density at radius 2 is 1.96 bits per heavy atom. The highest BCUT2D eigenvalue weighted by atomic mass is 32.2. The molecule has 0 spiro atoms. The van der Waals surface area contributed by atoms with E-state index in [9.17, 15) is 13.2 Å². The van der Waals surface area contributed by atoms with Gasteiger partial charge >= 0.3 is 0 Å². The van der Waals surface area contributed by atoms with Crippen molar-refractivity contribution < 1.29 is 13.2 Å². The smallest absolute Gasteiger partial charge is 0.240 e. The van der Waals surface area contributed by atoms with Crippen molar-refractivity contribution in [3.63, 3.8) is 0 Å². The van der Waals surface area contributed by atoms with Gasteiger partial charge in [0.25, 0.3) is 0 Å². The number of aryl methyl sites for hydroxylation is 1. The summed E-state index contributed by atoms with van der Waals surface area (Å²) < 4.78 is 25.4. The largest absolute Gasteiger partial charge is 0.371 e. The summed E-state index contributed by atoms with van der Waals surface area (Å²) in [4.78, 5) is 14.7. The molecule has 1 N–H and O–H groups in total. The average molecular weight is 402 g/mol. The molecule has 7 heteroatoms. The van der Waals surface area contributed by atoms with Gasteiger partial charge < -0.3 is 10.2 Å². The van der Waals surface area contributed by atoms with Gasteiger partial charge in [0, 0.05) is 25.3 Å². The van der Waals surface area contributed by atoms with Crippen molar-refractivity contribution in [1.82, 2.24) is 5.32 Å². The highest BCUT2D eigenvalue weighted by molar-refractivity contribution is 7.92. The van der Waals surface area contributed by atoms with Crippen LogP contribution in [0.3, 0.4) is 0 Å². The quantitative estimate of drug-likeness (QED) is 0.690. The summed E-state index contributed by atoms with van der Waals surface area (Å²) in [5, 5.41) is 2.85. The van der Waals surface area contributed by atoms with Crippen LogP contribution >= 0.6 is 0 Å². The first-order valence-electron chi connectivity index (χ1n) is 9.48. The molecule has 150 valence electrons. The molecule has 2 aromatic carbocycles. The molecule has 0 bridgehead atoms. The second-order valence-electron chi connectivity index (χ2n) is 7.18. The van der Waals surface area contributed by atoms with Crippen molar-refractivity contribution in [2.24, 2.45) is 0 Å². The average Bonchev–Trinajstić information content (AvgIpc) is 3.05. The van der Waals surface area contributed by atoms with Crippen LogP contribution in [-0.2, 0) is 21.2 Å². The Balaban J connectivity index is 1.50. The standard InChI is InChI=1S/C21H27N3O3S/c1-17-7-5-9-19(15-17)24(28(2,26)27)16-21(25)22-12-6-13-23-14-11-18-8-3-4-10-20(18)23/h3-5,7-10,15H,6,11-14,16H2,1-2H3,(H,22,25). The van der Waals surface area contributed by atoms with Crippen LogP contribution in [0, 0.1) is 6.92 Å². The van der Waals surface area contributed by atoms with Gasteiger partial charge in [-0.15, -0.1) is 0 Å². The van der Waals surface area contributed by atoms with E-state index in [4.69, 9.17) is 0 Å². The number of anilines is 2. The lowest BCUT2D eigenvalue weighted by Crippen LogP contribution is -2.41. The third-order valence-electron chi connectivity index (χ3n) is 4.89. The number of carbonyl (C=O) groups is 1. The van der Waals surface area contributed by atoms with Gasteiger partial charge in [-0.05, 0) is 49.1 Å². The predicted molar refractivity (Wildman–Crippen MR) is 113 cm³/mol. The van der Waals surface area contributed by atoms with E-state index in [0.717, 1.165) is 42.1 Å². The van der Waals surface area contributed by atoms with E-state index < -0.39 is 10.0 Å². The molecule has 3 rings (SSSR count). The molecule has 0 fully saturated rings. The van der Waals surface area contributed by atoms with E-state index >= 15 is 0 Å². The fraction of sp³-hybridized carbons (Fsp3) is 0.381. The molecule has 1 aliphatic rings. The van der Waals surface area contributed by atoms with Gasteiger partial charge in [-0.3, -0.25) is 9.10 Å². The Labute approximate surface area is 167 Å². The molecule has 0 radical (unpaired) electrons. The molecule has 0 atom stereocenters. The summed E-state index contributed by atoms with van der Waals surface area (Å²) in [6.45, 7) is 4.06. The maximum absolute atomic E-state index is 12.3. The zero-order chi connectivity index (χ0) is 20.1. The number of nitrogens with one attached hydrogen (secondary N) is 1. The van der Waals surface area contributed by atoms with Crippen LogP contribution in [0.15, 0.2) is 48.5 Å². The van der Waals surface area contributed by atoms with E-state index in [1.807, 2.05) is 19.1 Å². The summed E-state index contributed by atoms with van der Waals surface area (Å²) in [6.07, 6.45) is 2.99. The van der Waals surface area contributed by atoms with Crippen LogP contribution < -0.4 is 14.5 Å². The highest BCUT2D eigenvalue weighted by Gasteiger charge is 2.21. The molecular weight excluding hydrogens is 374 g/mol.